The molecule has 0 aromatic heterocycles. The smallest absolute Gasteiger partial charge is 0.310 e. The number of carboxylic acids is 1. The van der Waals surface area contributed by atoms with E-state index in [2.05, 4.69) is 0 Å². The highest BCUT2D eigenvalue weighted by atomic mass is 16.5. The predicted molar refractivity (Wildman–Crippen MR) is 71.2 cm³/mol. The Bertz CT molecular complexity index is 575. The van der Waals surface area contributed by atoms with Gasteiger partial charge in [-0.05, 0) is 36.9 Å². The normalized spacial score (nSPS) is 12.3. The maximum Gasteiger partial charge on any atom is 0.310 e. The number of rotatable bonds is 4. The molecule has 0 fully saturated rings. The molecule has 0 heterocycles. The lowest BCUT2D eigenvalue weighted by Crippen LogP contribution is -2.07. The fourth-order valence-electron chi connectivity index (χ4n) is 1.95. The van der Waals surface area contributed by atoms with Crippen LogP contribution >= 0.6 is 0 Å². The van der Waals surface area contributed by atoms with E-state index in [-0.39, 0.29) is 0 Å². The lowest BCUT2D eigenvalue weighted by molar-refractivity contribution is -0.138. The molecule has 18 heavy (non-hydrogen) atoms. The molecule has 3 heteroatoms. The lowest BCUT2D eigenvalue weighted by Gasteiger charge is -2.11. The summed E-state index contributed by atoms with van der Waals surface area (Å²) in [5, 5.41) is 11.1. The molecule has 1 unspecified atom stereocenters. The first-order chi connectivity index (χ1) is 8.63. The van der Waals surface area contributed by atoms with Crippen LogP contribution < -0.4 is 4.74 Å². The van der Waals surface area contributed by atoms with Crippen LogP contribution in [0.2, 0.25) is 0 Å². The largest absolute Gasteiger partial charge is 0.493 e. The zero-order valence-electron chi connectivity index (χ0n) is 10.5. The van der Waals surface area contributed by atoms with Crippen molar-refractivity contribution in [3.63, 3.8) is 0 Å². The first kappa shape index (κ1) is 12.4. The Balaban J connectivity index is 2.54. The Morgan fingerprint density at radius 3 is 2.78 bits per heavy atom. The van der Waals surface area contributed by atoms with Crippen LogP contribution in [0.5, 0.6) is 5.75 Å². The second-order valence-electron chi connectivity index (χ2n) is 4.23. The zero-order chi connectivity index (χ0) is 13.1. The van der Waals surface area contributed by atoms with Crippen molar-refractivity contribution in [2.75, 3.05) is 6.61 Å². The molecule has 1 atom stereocenters. The maximum atomic E-state index is 11.0. The molecule has 0 saturated carbocycles. The molecule has 2 aromatic rings. The highest BCUT2D eigenvalue weighted by Crippen LogP contribution is 2.29. The number of hydrogen-bond donors (Lipinski definition) is 1. The number of hydrogen-bond acceptors (Lipinski definition) is 2. The van der Waals surface area contributed by atoms with Gasteiger partial charge in [-0.2, -0.15) is 0 Å². The van der Waals surface area contributed by atoms with Gasteiger partial charge in [-0.25, -0.2) is 0 Å². The quantitative estimate of drug-likeness (QED) is 0.896. The van der Waals surface area contributed by atoms with Crippen LogP contribution in [0.3, 0.4) is 0 Å². The first-order valence-corrected chi connectivity index (χ1v) is 6.01. The van der Waals surface area contributed by atoms with E-state index in [4.69, 9.17) is 9.84 Å². The predicted octanol–water partition coefficient (Wildman–Crippen LogP) is 3.43. The van der Waals surface area contributed by atoms with Crippen LogP contribution in [0, 0.1) is 0 Å². The molecule has 2 aromatic carbocycles. The van der Waals surface area contributed by atoms with Crippen LogP contribution in [0.15, 0.2) is 36.4 Å². The van der Waals surface area contributed by atoms with Crippen molar-refractivity contribution in [3.05, 3.63) is 42.0 Å². The lowest BCUT2D eigenvalue weighted by atomic mass is 9.97. The van der Waals surface area contributed by atoms with Crippen molar-refractivity contribution in [1.82, 2.24) is 0 Å². The number of ether oxygens (including phenoxy) is 1. The van der Waals surface area contributed by atoms with E-state index in [0.717, 1.165) is 22.1 Å². The molecule has 0 amide bonds. The van der Waals surface area contributed by atoms with Gasteiger partial charge in [0.05, 0.1) is 12.5 Å². The third-order valence-electron chi connectivity index (χ3n) is 3.04. The Morgan fingerprint density at radius 2 is 2.11 bits per heavy atom. The van der Waals surface area contributed by atoms with E-state index >= 15 is 0 Å². The van der Waals surface area contributed by atoms with E-state index in [1.54, 1.807) is 6.92 Å². The molecule has 0 saturated heterocycles. The third kappa shape index (κ3) is 2.30. The topological polar surface area (TPSA) is 46.5 Å². The summed E-state index contributed by atoms with van der Waals surface area (Å²) in [6.45, 7) is 4.22. The second kappa shape index (κ2) is 5.08. The van der Waals surface area contributed by atoms with E-state index in [0.29, 0.717) is 6.61 Å². The monoisotopic (exact) mass is 244 g/mol. The molecule has 94 valence electrons. The van der Waals surface area contributed by atoms with E-state index in [1.165, 1.54) is 0 Å². The van der Waals surface area contributed by atoms with Crippen LogP contribution in [-0.2, 0) is 4.79 Å². The van der Waals surface area contributed by atoms with Gasteiger partial charge in [0.2, 0.25) is 0 Å². The van der Waals surface area contributed by atoms with Crippen molar-refractivity contribution in [2.24, 2.45) is 0 Å². The Morgan fingerprint density at radius 1 is 1.33 bits per heavy atom. The van der Waals surface area contributed by atoms with E-state index in [1.807, 2.05) is 43.3 Å². The molecule has 1 N–H and O–H groups in total. The van der Waals surface area contributed by atoms with Crippen LogP contribution in [0.1, 0.15) is 25.3 Å². The van der Waals surface area contributed by atoms with E-state index < -0.39 is 11.9 Å². The van der Waals surface area contributed by atoms with E-state index in [9.17, 15) is 4.79 Å². The molecule has 0 aliphatic heterocycles. The highest BCUT2D eigenvalue weighted by molar-refractivity contribution is 5.90. The Labute approximate surface area is 106 Å². The summed E-state index contributed by atoms with van der Waals surface area (Å²) in [6.07, 6.45) is 0. The highest BCUT2D eigenvalue weighted by Gasteiger charge is 2.14. The number of aliphatic carboxylic acids is 1. The number of carbonyl (C=O) groups is 1. The molecule has 3 nitrogen and oxygen atoms in total. The standard InChI is InChI=1S/C15H16O3/c1-3-18-14-6-4-5-11-7-8-12(9-13(11)14)10(2)15(16)17/h4-10H,3H2,1-2H3,(H,16,17). The molecule has 0 aliphatic carbocycles. The summed E-state index contributed by atoms with van der Waals surface area (Å²) in [5.41, 5.74) is 0.794. The third-order valence-corrected chi connectivity index (χ3v) is 3.04. The average molecular weight is 244 g/mol. The van der Waals surface area contributed by atoms with Gasteiger partial charge in [-0.1, -0.05) is 24.3 Å². The molecular weight excluding hydrogens is 228 g/mol. The van der Waals surface area contributed by atoms with Gasteiger partial charge in [0.15, 0.2) is 0 Å². The van der Waals surface area contributed by atoms with Crippen LogP contribution in [0.4, 0.5) is 0 Å². The fourth-order valence-corrected chi connectivity index (χ4v) is 1.95. The number of carboxylic acid groups (broad SMARTS) is 1. The summed E-state index contributed by atoms with van der Waals surface area (Å²) in [4.78, 5) is 11.0. The van der Waals surface area contributed by atoms with Gasteiger partial charge in [-0.3, -0.25) is 4.79 Å². The van der Waals surface area contributed by atoms with Gasteiger partial charge in [0, 0.05) is 5.39 Å². The maximum absolute atomic E-state index is 11.0. The minimum atomic E-state index is -0.816. The van der Waals surface area contributed by atoms with Crippen molar-refractivity contribution < 1.29 is 14.6 Å². The Hall–Kier alpha value is -2.03. The zero-order valence-corrected chi connectivity index (χ0v) is 10.5. The summed E-state index contributed by atoms with van der Waals surface area (Å²) in [6, 6.07) is 11.5. The molecule has 0 aliphatic rings. The molecular formula is C15H16O3. The van der Waals surface area contributed by atoms with Gasteiger partial charge >= 0.3 is 5.97 Å². The van der Waals surface area contributed by atoms with Gasteiger partial charge < -0.3 is 9.84 Å². The van der Waals surface area contributed by atoms with Crippen molar-refractivity contribution in [3.8, 4) is 5.75 Å². The number of fused-ring (bicyclic) bond motifs is 1. The molecule has 0 radical (unpaired) electrons. The van der Waals surface area contributed by atoms with Gasteiger partial charge in [0.25, 0.3) is 0 Å². The summed E-state index contributed by atoms with van der Waals surface area (Å²) < 4.78 is 5.57. The summed E-state index contributed by atoms with van der Waals surface area (Å²) in [7, 11) is 0. The van der Waals surface area contributed by atoms with Crippen molar-refractivity contribution in [1.29, 1.82) is 0 Å². The van der Waals surface area contributed by atoms with Crippen molar-refractivity contribution in [2.45, 2.75) is 19.8 Å². The minimum absolute atomic E-state index is 0.510. The SMILES string of the molecule is CCOc1cccc2ccc(C(C)C(=O)O)cc12. The van der Waals surface area contributed by atoms with Crippen LogP contribution in [0.25, 0.3) is 10.8 Å². The van der Waals surface area contributed by atoms with Crippen molar-refractivity contribution >= 4 is 16.7 Å². The van der Waals surface area contributed by atoms with Crippen LogP contribution in [-0.4, -0.2) is 17.7 Å². The first-order valence-electron chi connectivity index (χ1n) is 6.01. The second-order valence-corrected chi connectivity index (χ2v) is 4.23. The average Bonchev–Trinajstić information content (AvgIpc) is 2.38. The molecule has 2 rings (SSSR count). The summed E-state index contributed by atoms with van der Waals surface area (Å²) >= 11 is 0. The minimum Gasteiger partial charge on any atom is -0.493 e. The number of benzene rings is 2. The summed E-state index contributed by atoms with van der Waals surface area (Å²) in [5.74, 6) is -0.526. The Kier molecular flexibility index (Phi) is 3.51. The fraction of sp³-hybridized carbons (Fsp3) is 0.267. The molecule has 0 bridgehead atoms. The molecule has 0 spiro atoms. The van der Waals surface area contributed by atoms with Gasteiger partial charge in [0.1, 0.15) is 5.75 Å². The van der Waals surface area contributed by atoms with Gasteiger partial charge in [-0.15, -0.1) is 0 Å².